The number of esters is 1. The van der Waals surface area contributed by atoms with Crippen molar-refractivity contribution in [2.45, 2.75) is 20.3 Å². The van der Waals surface area contributed by atoms with Gasteiger partial charge in [0.2, 0.25) is 0 Å². The molecule has 0 radical (unpaired) electrons. The largest absolute Gasteiger partial charge is 0.492 e. The molecule has 0 aliphatic rings. The summed E-state index contributed by atoms with van der Waals surface area (Å²) in [6, 6.07) is 5.19. The van der Waals surface area contributed by atoms with E-state index >= 15 is 0 Å². The van der Waals surface area contributed by atoms with Crippen LogP contribution >= 0.6 is 0 Å². The molecule has 0 N–H and O–H groups in total. The average Bonchev–Trinajstić information content (AvgIpc) is 2.35. The van der Waals surface area contributed by atoms with Crippen molar-refractivity contribution >= 4 is 5.97 Å². The Morgan fingerprint density at radius 1 is 1.47 bits per heavy atom. The Balaban J connectivity index is 3.17. The molecule has 0 atom stereocenters. The van der Waals surface area contributed by atoms with Crippen molar-refractivity contribution in [1.82, 2.24) is 0 Å². The summed E-state index contributed by atoms with van der Waals surface area (Å²) in [5.41, 5.74) is 1.49. The number of carbonyl (C=O) groups is 1. The SMILES string of the molecule is CCCOc1c(C)cc(C(=O)OC)cc1C#N. The molecule has 0 spiro atoms. The maximum atomic E-state index is 11.4. The molecule has 1 rings (SSSR count). The summed E-state index contributed by atoms with van der Waals surface area (Å²) in [7, 11) is 1.31. The van der Waals surface area contributed by atoms with Gasteiger partial charge in [0.15, 0.2) is 0 Å². The van der Waals surface area contributed by atoms with Crippen molar-refractivity contribution in [3.63, 3.8) is 0 Å². The van der Waals surface area contributed by atoms with Crippen LogP contribution in [0.2, 0.25) is 0 Å². The highest BCUT2D eigenvalue weighted by molar-refractivity contribution is 5.90. The number of benzene rings is 1. The number of nitriles is 1. The fourth-order valence-corrected chi connectivity index (χ4v) is 1.49. The molecule has 4 nitrogen and oxygen atoms in total. The molecule has 0 heterocycles. The van der Waals surface area contributed by atoms with Crippen molar-refractivity contribution < 1.29 is 14.3 Å². The van der Waals surface area contributed by atoms with E-state index in [1.54, 1.807) is 13.0 Å². The van der Waals surface area contributed by atoms with Crippen LogP contribution in [-0.2, 0) is 4.74 Å². The van der Waals surface area contributed by atoms with E-state index in [1.807, 2.05) is 13.0 Å². The third kappa shape index (κ3) is 2.97. The number of ether oxygens (including phenoxy) is 2. The van der Waals surface area contributed by atoms with Crippen LogP contribution in [0.25, 0.3) is 0 Å². The summed E-state index contributed by atoms with van der Waals surface area (Å²) in [4.78, 5) is 11.4. The first-order valence-electron chi connectivity index (χ1n) is 5.39. The lowest BCUT2D eigenvalue weighted by Crippen LogP contribution is -2.05. The first kappa shape index (κ1) is 13.0. The number of nitrogens with zero attached hydrogens (tertiary/aromatic N) is 1. The second-order valence-corrected chi connectivity index (χ2v) is 3.62. The predicted molar refractivity (Wildman–Crippen MR) is 63.0 cm³/mol. The maximum absolute atomic E-state index is 11.4. The van der Waals surface area contributed by atoms with Crippen molar-refractivity contribution in [2.24, 2.45) is 0 Å². The van der Waals surface area contributed by atoms with Gasteiger partial charge in [-0.15, -0.1) is 0 Å². The molecule has 0 unspecified atom stereocenters. The van der Waals surface area contributed by atoms with Crippen LogP contribution in [0, 0.1) is 18.3 Å². The van der Waals surface area contributed by atoms with Gasteiger partial charge < -0.3 is 9.47 Å². The Hall–Kier alpha value is -2.02. The Morgan fingerprint density at radius 3 is 2.71 bits per heavy atom. The van der Waals surface area contributed by atoms with Crippen LogP contribution in [0.1, 0.15) is 34.8 Å². The summed E-state index contributed by atoms with van der Waals surface area (Å²) >= 11 is 0. The zero-order chi connectivity index (χ0) is 12.8. The minimum atomic E-state index is -0.452. The van der Waals surface area contributed by atoms with Crippen molar-refractivity contribution in [3.05, 3.63) is 28.8 Å². The van der Waals surface area contributed by atoms with E-state index in [9.17, 15) is 4.79 Å². The van der Waals surface area contributed by atoms with Gasteiger partial charge in [0, 0.05) is 0 Å². The molecule has 0 saturated carbocycles. The van der Waals surface area contributed by atoms with E-state index < -0.39 is 5.97 Å². The number of aryl methyl sites for hydroxylation is 1. The molecule has 1 aromatic carbocycles. The summed E-state index contributed by atoms with van der Waals surface area (Å²) in [6.07, 6.45) is 0.864. The lowest BCUT2D eigenvalue weighted by atomic mass is 10.1. The van der Waals surface area contributed by atoms with Gasteiger partial charge in [-0.1, -0.05) is 6.92 Å². The number of hydrogen-bond acceptors (Lipinski definition) is 4. The van der Waals surface area contributed by atoms with Gasteiger partial charge in [-0.3, -0.25) is 0 Å². The number of hydrogen-bond donors (Lipinski definition) is 0. The molecule has 0 amide bonds. The van der Waals surface area contributed by atoms with Gasteiger partial charge in [0.1, 0.15) is 11.8 Å². The highest BCUT2D eigenvalue weighted by Gasteiger charge is 2.13. The van der Waals surface area contributed by atoms with Crippen LogP contribution < -0.4 is 4.74 Å². The standard InChI is InChI=1S/C13H15NO3/c1-4-5-17-12-9(2)6-10(13(15)16-3)7-11(12)8-14/h6-7H,4-5H2,1-3H3. The summed E-state index contributed by atoms with van der Waals surface area (Å²) in [5, 5.41) is 9.04. The Morgan fingerprint density at radius 2 is 2.18 bits per heavy atom. The second-order valence-electron chi connectivity index (χ2n) is 3.62. The van der Waals surface area contributed by atoms with Crippen LogP contribution in [0.3, 0.4) is 0 Å². The van der Waals surface area contributed by atoms with Gasteiger partial charge in [-0.25, -0.2) is 4.79 Å². The monoisotopic (exact) mass is 233 g/mol. The first-order chi connectivity index (χ1) is 8.13. The van der Waals surface area contributed by atoms with E-state index in [-0.39, 0.29) is 0 Å². The zero-order valence-corrected chi connectivity index (χ0v) is 10.2. The van der Waals surface area contributed by atoms with E-state index in [0.29, 0.717) is 23.5 Å². The molecule has 0 aliphatic carbocycles. The lowest BCUT2D eigenvalue weighted by Gasteiger charge is -2.11. The van der Waals surface area contributed by atoms with E-state index in [0.717, 1.165) is 12.0 Å². The van der Waals surface area contributed by atoms with Crippen LogP contribution in [0.5, 0.6) is 5.75 Å². The summed E-state index contributed by atoms with van der Waals surface area (Å²) < 4.78 is 10.1. The third-order valence-electron chi connectivity index (χ3n) is 2.27. The molecular weight excluding hydrogens is 218 g/mol. The van der Waals surface area contributed by atoms with E-state index in [4.69, 9.17) is 10.00 Å². The zero-order valence-electron chi connectivity index (χ0n) is 10.2. The molecule has 0 fully saturated rings. The molecule has 4 heteroatoms. The van der Waals surface area contributed by atoms with E-state index in [1.165, 1.54) is 13.2 Å². The van der Waals surface area contributed by atoms with Crippen LogP contribution in [-0.4, -0.2) is 19.7 Å². The van der Waals surface area contributed by atoms with Gasteiger partial charge in [-0.2, -0.15) is 5.26 Å². The third-order valence-corrected chi connectivity index (χ3v) is 2.27. The maximum Gasteiger partial charge on any atom is 0.337 e. The Kier molecular flexibility index (Phi) is 4.53. The normalized spacial score (nSPS) is 9.53. The lowest BCUT2D eigenvalue weighted by molar-refractivity contribution is 0.0600. The fraction of sp³-hybridized carbons (Fsp3) is 0.385. The number of rotatable bonds is 4. The van der Waals surface area contributed by atoms with Crippen molar-refractivity contribution in [3.8, 4) is 11.8 Å². The molecule has 0 aliphatic heterocycles. The fourth-order valence-electron chi connectivity index (χ4n) is 1.49. The van der Waals surface area contributed by atoms with Crippen LogP contribution in [0.4, 0.5) is 0 Å². The molecule has 1 aromatic rings. The second kappa shape index (κ2) is 5.90. The number of methoxy groups -OCH3 is 1. The van der Waals surface area contributed by atoms with Gasteiger partial charge in [0.25, 0.3) is 0 Å². The van der Waals surface area contributed by atoms with Crippen molar-refractivity contribution in [1.29, 1.82) is 5.26 Å². The van der Waals surface area contributed by atoms with Gasteiger partial charge in [-0.05, 0) is 31.0 Å². The van der Waals surface area contributed by atoms with Gasteiger partial charge in [0.05, 0.1) is 24.8 Å². The van der Waals surface area contributed by atoms with Crippen molar-refractivity contribution in [2.75, 3.05) is 13.7 Å². The topological polar surface area (TPSA) is 59.3 Å². The number of carbonyl (C=O) groups excluding carboxylic acids is 1. The smallest absolute Gasteiger partial charge is 0.337 e. The predicted octanol–water partition coefficient (Wildman–Crippen LogP) is 2.44. The summed E-state index contributed by atoms with van der Waals surface area (Å²) in [5.74, 6) is 0.0913. The quantitative estimate of drug-likeness (QED) is 0.749. The first-order valence-corrected chi connectivity index (χ1v) is 5.39. The van der Waals surface area contributed by atoms with Crippen LogP contribution in [0.15, 0.2) is 12.1 Å². The molecule has 0 saturated heterocycles. The molecule has 17 heavy (non-hydrogen) atoms. The highest BCUT2D eigenvalue weighted by atomic mass is 16.5. The molecule has 90 valence electrons. The summed E-state index contributed by atoms with van der Waals surface area (Å²) in [6.45, 7) is 4.34. The van der Waals surface area contributed by atoms with E-state index in [2.05, 4.69) is 4.74 Å². The minimum absolute atomic E-state index is 0.360. The Labute approximate surface area is 101 Å². The highest BCUT2D eigenvalue weighted by Crippen LogP contribution is 2.25. The molecular formula is C13H15NO3. The molecule has 0 bridgehead atoms. The average molecular weight is 233 g/mol. The minimum Gasteiger partial charge on any atom is -0.492 e. The van der Waals surface area contributed by atoms with Gasteiger partial charge >= 0.3 is 5.97 Å². The Bertz CT molecular complexity index is 460. The molecule has 0 aromatic heterocycles.